The molecule has 0 spiro atoms. The smallest absolute Gasteiger partial charge is 0.318 e. The average Bonchev–Trinajstić information content (AvgIpc) is 2.65. The zero-order valence-corrected chi connectivity index (χ0v) is 11.6. The minimum absolute atomic E-state index is 0.0382. The second-order valence-electron chi connectivity index (χ2n) is 6.97. The molecule has 2 amide bonds. The predicted octanol–water partition coefficient (Wildman–Crippen LogP) is 1.42. The Morgan fingerprint density at radius 2 is 2.00 bits per heavy atom. The topological polar surface area (TPSA) is 44.4 Å². The number of urea groups is 1. The van der Waals surface area contributed by atoms with Crippen molar-refractivity contribution in [1.82, 2.24) is 15.5 Å². The Bertz CT molecular complexity index is 319. The fourth-order valence-corrected chi connectivity index (χ4v) is 3.15. The van der Waals surface area contributed by atoms with Crippen LogP contribution in [0.25, 0.3) is 0 Å². The molecule has 0 aromatic carbocycles. The maximum absolute atomic E-state index is 12.3. The molecule has 2 unspecified atom stereocenters. The lowest BCUT2D eigenvalue weighted by molar-refractivity contribution is 0.140. The molecular formula is C13H25N3O. The van der Waals surface area contributed by atoms with Gasteiger partial charge in [0.1, 0.15) is 0 Å². The first kappa shape index (κ1) is 12.7. The highest BCUT2D eigenvalue weighted by atomic mass is 16.2. The first-order chi connectivity index (χ1) is 7.72. The third-order valence-electron chi connectivity index (χ3n) is 4.09. The summed E-state index contributed by atoms with van der Waals surface area (Å²) in [4.78, 5) is 14.3. The van der Waals surface area contributed by atoms with E-state index in [9.17, 15) is 4.79 Å². The molecule has 98 valence electrons. The van der Waals surface area contributed by atoms with Crippen LogP contribution < -0.4 is 10.6 Å². The van der Waals surface area contributed by atoms with Crippen LogP contribution in [-0.4, -0.2) is 41.6 Å². The molecule has 2 fully saturated rings. The van der Waals surface area contributed by atoms with Gasteiger partial charge < -0.3 is 15.5 Å². The van der Waals surface area contributed by atoms with Crippen LogP contribution in [0.2, 0.25) is 0 Å². The van der Waals surface area contributed by atoms with Crippen LogP contribution in [0.3, 0.4) is 0 Å². The Morgan fingerprint density at radius 3 is 2.53 bits per heavy atom. The van der Waals surface area contributed by atoms with Crippen LogP contribution in [-0.2, 0) is 0 Å². The van der Waals surface area contributed by atoms with Gasteiger partial charge in [0, 0.05) is 30.7 Å². The quantitative estimate of drug-likeness (QED) is 0.671. The number of nitrogens with zero attached hydrogens (tertiary/aromatic N) is 1. The van der Waals surface area contributed by atoms with Gasteiger partial charge in [0.05, 0.1) is 0 Å². The molecule has 17 heavy (non-hydrogen) atoms. The molecule has 4 nitrogen and oxygen atoms in total. The molecule has 0 aromatic rings. The molecule has 0 aromatic heterocycles. The number of amides is 2. The van der Waals surface area contributed by atoms with Gasteiger partial charge in [-0.1, -0.05) is 0 Å². The number of hydrogen-bond acceptors (Lipinski definition) is 2. The SMILES string of the molecule is CC(C)(C)NC(=O)N1CC2CNCC2C1(C)C. The summed E-state index contributed by atoms with van der Waals surface area (Å²) in [6.45, 7) is 13.4. The van der Waals surface area contributed by atoms with Crippen LogP contribution in [0.1, 0.15) is 34.6 Å². The van der Waals surface area contributed by atoms with Crippen molar-refractivity contribution in [2.45, 2.75) is 45.7 Å². The third kappa shape index (κ3) is 2.28. The van der Waals surface area contributed by atoms with Gasteiger partial charge in [0.15, 0.2) is 0 Å². The normalized spacial score (nSPS) is 31.5. The first-order valence-corrected chi connectivity index (χ1v) is 6.52. The van der Waals surface area contributed by atoms with Gasteiger partial charge in [-0.15, -0.1) is 0 Å². The second-order valence-corrected chi connectivity index (χ2v) is 6.97. The number of fused-ring (bicyclic) bond motifs is 1. The summed E-state index contributed by atoms with van der Waals surface area (Å²) >= 11 is 0. The van der Waals surface area contributed by atoms with Gasteiger partial charge in [-0.05, 0) is 46.5 Å². The highest BCUT2D eigenvalue weighted by molar-refractivity contribution is 5.76. The van der Waals surface area contributed by atoms with E-state index < -0.39 is 0 Å². The average molecular weight is 239 g/mol. The number of likely N-dealkylation sites (tertiary alicyclic amines) is 1. The van der Waals surface area contributed by atoms with Gasteiger partial charge in [0.2, 0.25) is 0 Å². The monoisotopic (exact) mass is 239 g/mol. The molecule has 2 atom stereocenters. The lowest BCUT2D eigenvalue weighted by Gasteiger charge is -2.37. The Labute approximate surface area is 104 Å². The zero-order chi connectivity index (χ0) is 12.8. The zero-order valence-electron chi connectivity index (χ0n) is 11.6. The molecule has 2 aliphatic rings. The van der Waals surface area contributed by atoms with E-state index in [1.807, 2.05) is 25.7 Å². The van der Waals surface area contributed by atoms with Crippen molar-refractivity contribution < 1.29 is 4.79 Å². The van der Waals surface area contributed by atoms with E-state index in [-0.39, 0.29) is 17.1 Å². The Balaban J connectivity index is 2.10. The summed E-state index contributed by atoms with van der Waals surface area (Å²) in [7, 11) is 0. The molecular weight excluding hydrogens is 214 g/mol. The fraction of sp³-hybridized carbons (Fsp3) is 0.923. The number of rotatable bonds is 0. The van der Waals surface area contributed by atoms with Gasteiger partial charge >= 0.3 is 6.03 Å². The molecule has 0 bridgehead atoms. The van der Waals surface area contributed by atoms with Crippen molar-refractivity contribution in [2.24, 2.45) is 11.8 Å². The largest absolute Gasteiger partial charge is 0.333 e. The number of carbonyl (C=O) groups excluding carboxylic acids is 1. The van der Waals surface area contributed by atoms with E-state index in [0.29, 0.717) is 11.8 Å². The Kier molecular flexibility index (Phi) is 2.89. The van der Waals surface area contributed by atoms with E-state index in [2.05, 4.69) is 24.5 Å². The van der Waals surface area contributed by atoms with Gasteiger partial charge in [-0.25, -0.2) is 4.79 Å². The summed E-state index contributed by atoms with van der Waals surface area (Å²) < 4.78 is 0. The lowest BCUT2D eigenvalue weighted by atomic mass is 9.85. The van der Waals surface area contributed by atoms with Crippen molar-refractivity contribution in [3.05, 3.63) is 0 Å². The van der Waals surface area contributed by atoms with Crippen molar-refractivity contribution in [1.29, 1.82) is 0 Å². The molecule has 2 aliphatic heterocycles. The van der Waals surface area contributed by atoms with Crippen LogP contribution in [0.15, 0.2) is 0 Å². The molecule has 0 radical (unpaired) electrons. The second kappa shape index (κ2) is 3.87. The van der Waals surface area contributed by atoms with Crippen LogP contribution in [0.5, 0.6) is 0 Å². The van der Waals surface area contributed by atoms with E-state index >= 15 is 0 Å². The van der Waals surface area contributed by atoms with Crippen molar-refractivity contribution in [3.63, 3.8) is 0 Å². The Hall–Kier alpha value is -0.770. The van der Waals surface area contributed by atoms with E-state index in [4.69, 9.17) is 0 Å². The van der Waals surface area contributed by atoms with Gasteiger partial charge in [-0.3, -0.25) is 0 Å². The molecule has 2 rings (SSSR count). The van der Waals surface area contributed by atoms with E-state index in [1.165, 1.54) is 0 Å². The van der Waals surface area contributed by atoms with Gasteiger partial charge in [0.25, 0.3) is 0 Å². The Morgan fingerprint density at radius 1 is 1.35 bits per heavy atom. The summed E-state index contributed by atoms with van der Waals surface area (Å²) in [6, 6.07) is 0.0805. The number of carbonyl (C=O) groups is 1. The minimum Gasteiger partial charge on any atom is -0.333 e. The molecule has 4 heteroatoms. The summed E-state index contributed by atoms with van der Waals surface area (Å²) in [6.07, 6.45) is 0. The highest BCUT2D eigenvalue weighted by Gasteiger charge is 2.51. The van der Waals surface area contributed by atoms with Crippen molar-refractivity contribution >= 4 is 6.03 Å². The summed E-state index contributed by atoms with van der Waals surface area (Å²) in [5.74, 6) is 1.21. The number of nitrogens with one attached hydrogen (secondary N) is 2. The van der Waals surface area contributed by atoms with Crippen molar-refractivity contribution in [2.75, 3.05) is 19.6 Å². The molecule has 2 heterocycles. The molecule has 2 saturated heterocycles. The maximum Gasteiger partial charge on any atom is 0.318 e. The highest BCUT2D eigenvalue weighted by Crippen LogP contribution is 2.40. The minimum atomic E-state index is -0.164. The van der Waals surface area contributed by atoms with Crippen LogP contribution in [0.4, 0.5) is 4.79 Å². The van der Waals surface area contributed by atoms with Gasteiger partial charge in [-0.2, -0.15) is 0 Å². The third-order valence-corrected chi connectivity index (χ3v) is 4.09. The standard InChI is InChI=1S/C13H25N3O/c1-12(2,3)15-11(17)16-8-9-6-14-7-10(9)13(16,4)5/h9-10,14H,6-8H2,1-5H3,(H,15,17). The molecule has 0 aliphatic carbocycles. The predicted molar refractivity (Wildman–Crippen MR) is 68.9 cm³/mol. The number of hydrogen-bond donors (Lipinski definition) is 2. The molecule has 2 N–H and O–H groups in total. The van der Waals surface area contributed by atoms with E-state index in [1.54, 1.807) is 0 Å². The van der Waals surface area contributed by atoms with Crippen LogP contribution in [0, 0.1) is 11.8 Å². The lowest BCUT2D eigenvalue weighted by Crippen LogP contribution is -2.55. The fourth-order valence-electron chi connectivity index (χ4n) is 3.15. The van der Waals surface area contributed by atoms with Crippen LogP contribution >= 0.6 is 0 Å². The molecule has 0 saturated carbocycles. The van der Waals surface area contributed by atoms with Crippen molar-refractivity contribution in [3.8, 4) is 0 Å². The summed E-state index contributed by atoms with van der Waals surface area (Å²) in [5.41, 5.74) is -0.202. The first-order valence-electron chi connectivity index (χ1n) is 6.52. The van der Waals surface area contributed by atoms with E-state index in [0.717, 1.165) is 19.6 Å². The summed E-state index contributed by atoms with van der Waals surface area (Å²) in [5, 5.41) is 6.50. The maximum atomic E-state index is 12.3.